The van der Waals surface area contributed by atoms with Crippen LogP contribution in [-0.2, 0) is 10.1 Å². The molecule has 12 heteroatoms. The molecule has 0 aliphatic carbocycles. The second-order valence-corrected chi connectivity index (χ2v) is 15.0. The van der Waals surface area contributed by atoms with Gasteiger partial charge in [0.05, 0.1) is 34.0 Å². The van der Waals surface area contributed by atoms with Gasteiger partial charge in [-0.15, -0.1) is 10.2 Å². The Bertz CT molecular complexity index is 1980. The largest absolute Gasteiger partial charge is 0.506 e. The van der Waals surface area contributed by atoms with Gasteiger partial charge in [0.2, 0.25) is 0 Å². The number of nitrogens with one attached hydrogen (secondary N) is 1. The Kier molecular flexibility index (Phi) is 16.9. The molecule has 0 fully saturated rings. The minimum absolute atomic E-state index is 0.0160. The Morgan fingerprint density at radius 2 is 1.20 bits per heavy atom. The number of nitrogens with zero attached hydrogens (tertiary/aromatic N) is 2. The van der Waals surface area contributed by atoms with Crippen molar-refractivity contribution in [1.82, 2.24) is 0 Å². The number of unbranched alkanes of at least 4 members (excludes halogenated alkanes) is 15. The molecule has 54 heavy (non-hydrogen) atoms. The number of carboxylic acids is 1. The number of amides is 1. The number of rotatable bonds is 24. The molecule has 0 saturated heterocycles. The highest BCUT2D eigenvalue weighted by molar-refractivity contribution is 7.85. The highest BCUT2D eigenvalue weighted by Gasteiger charge is 2.21. The molecular weight excluding hydrogens is 707 g/mol. The Morgan fingerprint density at radius 3 is 1.80 bits per heavy atom. The van der Waals surface area contributed by atoms with Gasteiger partial charge in [-0.3, -0.25) is 9.35 Å². The number of fused-ring (bicyclic) bond motifs is 1. The van der Waals surface area contributed by atoms with Gasteiger partial charge in [-0.1, -0.05) is 140 Å². The third-order valence-electron chi connectivity index (χ3n) is 9.39. The maximum Gasteiger partial charge on any atom is 0.337 e. The van der Waals surface area contributed by atoms with Crippen LogP contribution in [0, 0.1) is 0 Å². The highest BCUT2D eigenvalue weighted by atomic mass is 32.2. The van der Waals surface area contributed by atoms with Crippen LogP contribution in [0.2, 0.25) is 0 Å². The van der Waals surface area contributed by atoms with Gasteiger partial charge in [0, 0.05) is 10.8 Å². The predicted octanol–water partition coefficient (Wildman–Crippen LogP) is 11.8. The Hall–Kier alpha value is -4.81. The van der Waals surface area contributed by atoms with E-state index in [2.05, 4.69) is 22.5 Å². The number of hydrogen-bond acceptors (Lipinski definition) is 8. The lowest BCUT2D eigenvalue weighted by atomic mass is 10.0. The number of benzene rings is 4. The summed E-state index contributed by atoms with van der Waals surface area (Å²) in [6, 6.07) is 17.7. The number of ether oxygens (including phenoxy) is 1. The van der Waals surface area contributed by atoms with Crippen LogP contribution in [0.1, 0.15) is 130 Å². The van der Waals surface area contributed by atoms with E-state index in [0.717, 1.165) is 31.7 Å². The Balaban J connectivity index is 1.35. The number of carbonyl (C=O) groups is 2. The van der Waals surface area contributed by atoms with Crippen LogP contribution in [0.4, 0.5) is 17.1 Å². The summed E-state index contributed by atoms with van der Waals surface area (Å²) in [6.45, 7) is 2.58. The maximum absolute atomic E-state index is 13.7. The van der Waals surface area contributed by atoms with E-state index in [9.17, 15) is 32.8 Å². The molecule has 4 aromatic carbocycles. The van der Waals surface area contributed by atoms with E-state index in [4.69, 9.17) is 4.74 Å². The summed E-state index contributed by atoms with van der Waals surface area (Å²) in [4.78, 5) is 24.9. The molecule has 0 saturated carbocycles. The van der Waals surface area contributed by atoms with Gasteiger partial charge in [-0.05, 0) is 42.8 Å². The van der Waals surface area contributed by atoms with Crippen molar-refractivity contribution in [3.63, 3.8) is 0 Å². The van der Waals surface area contributed by atoms with Gasteiger partial charge in [0.1, 0.15) is 17.2 Å². The fourth-order valence-corrected chi connectivity index (χ4v) is 6.87. The van der Waals surface area contributed by atoms with Gasteiger partial charge in [-0.25, -0.2) is 4.79 Å². The van der Waals surface area contributed by atoms with Crippen LogP contribution >= 0.6 is 0 Å². The summed E-state index contributed by atoms with van der Waals surface area (Å²) in [6.07, 6.45) is 19.9. The second-order valence-electron chi connectivity index (χ2n) is 13.6. The summed E-state index contributed by atoms with van der Waals surface area (Å²) < 4.78 is 39.6. The molecule has 4 N–H and O–H groups in total. The molecule has 290 valence electrons. The Labute approximate surface area is 318 Å². The number of azo groups is 1. The van der Waals surface area contributed by atoms with Crippen molar-refractivity contribution < 1.29 is 37.5 Å². The van der Waals surface area contributed by atoms with E-state index in [0.29, 0.717) is 12.0 Å². The summed E-state index contributed by atoms with van der Waals surface area (Å²) in [5, 5.41) is 32.5. The van der Waals surface area contributed by atoms with E-state index in [1.54, 1.807) is 36.4 Å². The number of phenols is 1. The fraction of sp³-hybridized carbons (Fsp3) is 0.429. The van der Waals surface area contributed by atoms with E-state index < -0.39 is 26.9 Å². The molecule has 0 unspecified atom stereocenters. The van der Waals surface area contributed by atoms with Crippen LogP contribution in [0.3, 0.4) is 0 Å². The van der Waals surface area contributed by atoms with Gasteiger partial charge < -0.3 is 20.3 Å². The lowest BCUT2D eigenvalue weighted by Gasteiger charge is -2.15. The fourth-order valence-electron chi connectivity index (χ4n) is 6.36. The summed E-state index contributed by atoms with van der Waals surface area (Å²) >= 11 is 0. The molecule has 4 rings (SSSR count). The first-order chi connectivity index (χ1) is 26.1. The van der Waals surface area contributed by atoms with Crippen molar-refractivity contribution in [2.24, 2.45) is 10.2 Å². The first-order valence-electron chi connectivity index (χ1n) is 19.1. The molecular formula is C42H53N3O8S. The standard InChI is InChI=1S/C42H53N3O8S/c1-2-3-4-5-6-7-8-9-10-11-12-13-14-15-16-21-28-53-39-27-26-31(54(50,51)52)29-38(39)43-41(47)35-30-37(32-22-17-18-23-33(32)40(35)46)45-44-36-25-20-19-24-34(36)42(48)49/h17-20,22-27,29-30,46H,2-16,21,28H2,1H3,(H,43,47)(H,48,49)(H,50,51,52)/b45-44+. The molecule has 1 amide bonds. The van der Waals surface area contributed by atoms with Crippen LogP contribution in [-0.4, -0.2) is 41.7 Å². The van der Waals surface area contributed by atoms with Crippen LogP contribution in [0.15, 0.2) is 87.9 Å². The molecule has 11 nitrogen and oxygen atoms in total. The van der Waals surface area contributed by atoms with Crippen molar-refractivity contribution in [2.45, 2.75) is 115 Å². The van der Waals surface area contributed by atoms with Gasteiger partial charge in [0.15, 0.2) is 0 Å². The summed E-state index contributed by atoms with van der Waals surface area (Å²) in [5.74, 6) is -2.14. The first-order valence-corrected chi connectivity index (χ1v) is 20.6. The van der Waals surface area contributed by atoms with Crippen LogP contribution < -0.4 is 10.1 Å². The first kappa shape index (κ1) is 41.9. The number of aromatic hydroxyl groups is 1. The van der Waals surface area contributed by atoms with Crippen LogP contribution in [0.25, 0.3) is 10.8 Å². The molecule has 0 spiro atoms. The number of carboxylic acid groups (broad SMARTS) is 1. The molecule has 0 heterocycles. The minimum atomic E-state index is -4.61. The number of aromatic carboxylic acids is 1. The van der Waals surface area contributed by atoms with E-state index in [1.807, 2.05) is 0 Å². The lowest BCUT2D eigenvalue weighted by molar-refractivity contribution is 0.0697. The lowest BCUT2D eigenvalue weighted by Crippen LogP contribution is -2.14. The molecule has 0 aliphatic rings. The van der Waals surface area contributed by atoms with E-state index >= 15 is 0 Å². The van der Waals surface area contributed by atoms with Crippen molar-refractivity contribution in [3.05, 3.63) is 83.9 Å². The van der Waals surface area contributed by atoms with Crippen LogP contribution in [0.5, 0.6) is 11.5 Å². The van der Waals surface area contributed by atoms with E-state index in [-0.39, 0.29) is 45.1 Å². The third kappa shape index (κ3) is 12.9. The quantitative estimate of drug-likeness (QED) is 0.0310. The summed E-state index contributed by atoms with van der Waals surface area (Å²) in [5.41, 5.74) is 0.00257. The number of hydrogen-bond donors (Lipinski definition) is 4. The molecule has 4 aromatic rings. The number of anilines is 1. The Morgan fingerprint density at radius 1 is 0.667 bits per heavy atom. The molecule has 0 radical (unpaired) electrons. The zero-order valence-corrected chi connectivity index (χ0v) is 32.0. The number of phenolic OH excluding ortho intramolecular Hbond substituents is 1. The predicted molar refractivity (Wildman–Crippen MR) is 212 cm³/mol. The topological polar surface area (TPSA) is 175 Å². The smallest absolute Gasteiger partial charge is 0.337 e. The van der Waals surface area contributed by atoms with E-state index in [1.165, 1.54) is 107 Å². The van der Waals surface area contributed by atoms with Gasteiger partial charge >= 0.3 is 5.97 Å². The molecule has 0 aromatic heterocycles. The monoisotopic (exact) mass is 759 g/mol. The zero-order valence-electron chi connectivity index (χ0n) is 31.1. The van der Waals surface area contributed by atoms with Gasteiger partial charge in [0.25, 0.3) is 16.0 Å². The minimum Gasteiger partial charge on any atom is -0.506 e. The maximum atomic E-state index is 13.7. The van der Waals surface area contributed by atoms with Crippen molar-refractivity contribution in [2.75, 3.05) is 11.9 Å². The molecule has 0 aliphatic heterocycles. The highest BCUT2D eigenvalue weighted by Crippen LogP contribution is 2.38. The van der Waals surface area contributed by atoms with Crippen molar-refractivity contribution >= 4 is 49.8 Å². The summed E-state index contributed by atoms with van der Waals surface area (Å²) in [7, 11) is -4.61. The molecule has 0 bridgehead atoms. The van der Waals surface area contributed by atoms with Crippen molar-refractivity contribution in [1.29, 1.82) is 0 Å². The SMILES string of the molecule is CCCCCCCCCCCCCCCCCCOc1ccc(S(=O)(=O)O)cc1NC(=O)c1cc(/N=N/c2ccccc2C(=O)O)c2ccccc2c1O. The zero-order chi connectivity index (χ0) is 38.8. The van der Waals surface area contributed by atoms with Crippen molar-refractivity contribution in [3.8, 4) is 11.5 Å². The molecule has 0 atom stereocenters. The van der Waals surface area contributed by atoms with Gasteiger partial charge in [-0.2, -0.15) is 8.42 Å². The normalized spacial score (nSPS) is 11.7. The average molecular weight is 760 g/mol. The average Bonchev–Trinajstić information content (AvgIpc) is 3.16. The third-order valence-corrected chi connectivity index (χ3v) is 10.2. The second kappa shape index (κ2) is 21.8. The number of carbonyl (C=O) groups excluding carboxylic acids is 1.